The van der Waals surface area contributed by atoms with Crippen molar-refractivity contribution in [2.75, 3.05) is 0 Å². The fraction of sp³-hybridized carbons (Fsp3) is 0.0909. The number of halogens is 2. The Labute approximate surface area is 177 Å². The van der Waals surface area contributed by atoms with Crippen LogP contribution in [-0.2, 0) is 26.5 Å². The van der Waals surface area contributed by atoms with Crippen LogP contribution in [0, 0.1) is 0 Å². The number of allylic oxidation sites excluding steroid dienone is 5. The summed E-state index contributed by atoms with van der Waals surface area (Å²) < 4.78 is 4.21. The van der Waals surface area contributed by atoms with E-state index in [2.05, 4.69) is 95.9 Å². The van der Waals surface area contributed by atoms with E-state index in [1.165, 1.54) is 21.9 Å². The monoisotopic (exact) mass is 455 g/mol. The number of aromatic nitrogens is 1. The van der Waals surface area contributed by atoms with Gasteiger partial charge in [-0.3, -0.25) is 0 Å². The second kappa shape index (κ2) is 7.73. The van der Waals surface area contributed by atoms with Crippen molar-refractivity contribution in [3.8, 4) is 0 Å². The average Bonchev–Trinajstić information content (AvgIpc) is 3.34. The van der Waals surface area contributed by atoms with E-state index in [1.807, 2.05) is 0 Å². The summed E-state index contributed by atoms with van der Waals surface area (Å²) in [7, 11) is 0. The van der Waals surface area contributed by atoms with Crippen LogP contribution in [0.3, 0.4) is 0 Å². The maximum atomic E-state index is 2.49. The minimum absolute atomic E-state index is 0. The molecule has 0 saturated heterocycles. The van der Waals surface area contributed by atoms with Crippen molar-refractivity contribution in [3.63, 3.8) is 0 Å². The maximum absolute atomic E-state index is 2.49. The minimum atomic E-state index is -0.866. The molecule has 1 aromatic heterocycles. The third-order valence-corrected chi connectivity index (χ3v) is 9.30. The number of hydrogen-bond acceptors (Lipinski definition) is 0. The van der Waals surface area contributed by atoms with Gasteiger partial charge in [-0.05, 0) is 0 Å². The molecule has 0 aliphatic heterocycles. The predicted molar refractivity (Wildman–Crippen MR) is 96.3 cm³/mol. The van der Waals surface area contributed by atoms with Crippen LogP contribution in [0.1, 0.15) is 17.5 Å². The van der Waals surface area contributed by atoms with Crippen LogP contribution in [0.4, 0.5) is 0 Å². The summed E-state index contributed by atoms with van der Waals surface area (Å²) in [6.45, 7) is 0. The van der Waals surface area contributed by atoms with Crippen LogP contribution < -0.4 is 24.8 Å². The molecule has 2 aliphatic rings. The first-order chi connectivity index (χ1) is 11.9. The molecule has 0 amide bonds. The quantitative estimate of drug-likeness (QED) is 0.491. The van der Waals surface area contributed by atoms with Crippen LogP contribution in [0.2, 0.25) is 0 Å². The SMILES string of the molecule is C1=CC[C]([Zr+2][C]2(n3cc4ccccc4c3)C=Cc3ccccc32)=C1.[Cl-].[Cl-]. The molecule has 1 nitrogen and oxygen atoms in total. The van der Waals surface area contributed by atoms with Crippen LogP contribution in [0.15, 0.2) is 88.5 Å². The van der Waals surface area contributed by atoms with Crippen molar-refractivity contribution in [2.24, 2.45) is 0 Å². The Hall–Kier alpha value is -1.34. The molecular formula is C22H17Cl2NZr. The zero-order valence-electron chi connectivity index (χ0n) is 14.1. The van der Waals surface area contributed by atoms with Gasteiger partial charge >= 0.3 is 154 Å². The first kappa shape index (κ1) is 19.4. The normalized spacial score (nSPS) is 19.5. The van der Waals surface area contributed by atoms with Crippen LogP contribution in [0.25, 0.3) is 16.8 Å². The van der Waals surface area contributed by atoms with Gasteiger partial charge in [0.25, 0.3) is 0 Å². The summed E-state index contributed by atoms with van der Waals surface area (Å²) in [5.41, 5.74) is 2.85. The van der Waals surface area contributed by atoms with Crippen LogP contribution in [-0.4, -0.2) is 4.57 Å². The van der Waals surface area contributed by atoms with E-state index in [9.17, 15) is 0 Å². The third-order valence-electron chi connectivity index (χ3n) is 4.96. The summed E-state index contributed by atoms with van der Waals surface area (Å²) >= 11 is -0.866. The Bertz CT molecular complexity index is 998. The topological polar surface area (TPSA) is 4.93 Å². The Morgan fingerprint density at radius 2 is 1.58 bits per heavy atom. The molecule has 26 heavy (non-hydrogen) atoms. The maximum Gasteiger partial charge on any atom is -1.00 e. The number of benzene rings is 2. The Morgan fingerprint density at radius 1 is 0.885 bits per heavy atom. The minimum Gasteiger partial charge on any atom is -1.00 e. The van der Waals surface area contributed by atoms with Crippen molar-refractivity contribution in [1.82, 2.24) is 4.57 Å². The molecule has 0 spiro atoms. The molecule has 4 heteroatoms. The molecule has 0 fully saturated rings. The number of nitrogens with zero attached hydrogens (tertiary/aromatic N) is 1. The second-order valence-corrected chi connectivity index (χ2v) is 10.5. The summed E-state index contributed by atoms with van der Waals surface area (Å²) in [6.07, 6.45) is 17.5. The molecule has 128 valence electrons. The fourth-order valence-electron chi connectivity index (χ4n) is 3.76. The van der Waals surface area contributed by atoms with Gasteiger partial charge in [0, 0.05) is 0 Å². The van der Waals surface area contributed by atoms with Gasteiger partial charge in [0.1, 0.15) is 0 Å². The van der Waals surface area contributed by atoms with Gasteiger partial charge in [-0.25, -0.2) is 0 Å². The zero-order chi connectivity index (χ0) is 16.0. The number of hydrogen-bond donors (Lipinski definition) is 0. The zero-order valence-corrected chi connectivity index (χ0v) is 18.0. The first-order valence-electron chi connectivity index (χ1n) is 8.35. The first-order valence-corrected chi connectivity index (χ1v) is 10.8. The molecule has 1 heterocycles. The Kier molecular flexibility index (Phi) is 5.77. The van der Waals surface area contributed by atoms with Gasteiger partial charge in [-0.2, -0.15) is 0 Å². The van der Waals surface area contributed by atoms with Crippen molar-refractivity contribution in [2.45, 2.75) is 9.67 Å². The van der Waals surface area contributed by atoms with E-state index in [-0.39, 0.29) is 28.1 Å². The summed E-state index contributed by atoms with van der Waals surface area (Å²) in [6, 6.07) is 17.6. The van der Waals surface area contributed by atoms with Gasteiger partial charge in [0.05, 0.1) is 0 Å². The molecule has 0 bridgehead atoms. The van der Waals surface area contributed by atoms with Crippen molar-refractivity contribution >= 4 is 16.8 Å². The van der Waals surface area contributed by atoms with E-state index in [1.54, 1.807) is 3.28 Å². The molecule has 5 rings (SSSR count). The van der Waals surface area contributed by atoms with Gasteiger partial charge in [-0.15, -0.1) is 0 Å². The number of fused-ring (bicyclic) bond motifs is 2. The summed E-state index contributed by atoms with van der Waals surface area (Å²) in [4.78, 5) is 0. The van der Waals surface area contributed by atoms with Gasteiger partial charge in [0.15, 0.2) is 0 Å². The van der Waals surface area contributed by atoms with E-state index >= 15 is 0 Å². The standard InChI is InChI=1S/C17H12N.C5H5.2ClH.Zr/c1-2-7-15-12-18(11-14(15)6-1)17-10-9-13-5-3-4-8-16(13)17;1-2-4-5-3-1;;;/h1-12H;1-3H,4H2;2*1H;/q;;;;+2/p-2. The molecule has 0 saturated carbocycles. The van der Waals surface area contributed by atoms with Crippen molar-refractivity contribution in [3.05, 3.63) is 99.6 Å². The van der Waals surface area contributed by atoms with Gasteiger partial charge in [-0.1, -0.05) is 0 Å². The van der Waals surface area contributed by atoms with E-state index in [4.69, 9.17) is 0 Å². The summed E-state index contributed by atoms with van der Waals surface area (Å²) in [5.74, 6) is 0. The van der Waals surface area contributed by atoms with E-state index in [0.717, 1.165) is 6.42 Å². The van der Waals surface area contributed by atoms with Crippen molar-refractivity contribution in [1.29, 1.82) is 0 Å². The third kappa shape index (κ3) is 3.09. The molecule has 0 N–H and O–H groups in total. The Balaban J connectivity index is 0.000000980. The van der Waals surface area contributed by atoms with Crippen molar-refractivity contribution < 1.29 is 48.0 Å². The Morgan fingerprint density at radius 3 is 2.27 bits per heavy atom. The van der Waals surface area contributed by atoms with E-state index < -0.39 is 23.2 Å². The van der Waals surface area contributed by atoms with Crippen LogP contribution >= 0.6 is 0 Å². The van der Waals surface area contributed by atoms with E-state index in [0.29, 0.717) is 0 Å². The molecular weight excluding hydrogens is 440 g/mol. The average molecular weight is 458 g/mol. The molecule has 1 unspecified atom stereocenters. The molecule has 1 atom stereocenters. The molecule has 0 radical (unpaired) electrons. The smallest absolute Gasteiger partial charge is 1.00 e. The van der Waals surface area contributed by atoms with Gasteiger partial charge in [0.2, 0.25) is 0 Å². The molecule has 2 aromatic carbocycles. The van der Waals surface area contributed by atoms with Crippen LogP contribution in [0.5, 0.6) is 0 Å². The van der Waals surface area contributed by atoms with Gasteiger partial charge < -0.3 is 24.8 Å². The predicted octanol–water partition coefficient (Wildman–Crippen LogP) is -0.696. The second-order valence-electron chi connectivity index (χ2n) is 6.43. The largest absolute Gasteiger partial charge is 1.00 e. The molecule has 2 aliphatic carbocycles. The summed E-state index contributed by atoms with van der Waals surface area (Å²) in [5, 5.41) is 2.65. The molecule has 3 aromatic rings. The fourth-order valence-corrected chi connectivity index (χ4v) is 7.88. The number of rotatable bonds is 3.